The summed E-state index contributed by atoms with van der Waals surface area (Å²) in [5.74, 6) is -4.10. The van der Waals surface area contributed by atoms with Gasteiger partial charge in [-0.25, -0.2) is 4.79 Å². The number of methoxy groups -OCH3 is 1. The number of hydrogen-bond donors (Lipinski definition) is 3. The third-order valence-electron chi connectivity index (χ3n) is 4.88. The fourth-order valence-corrected chi connectivity index (χ4v) is 3.15. The normalized spacial score (nSPS) is 20.3. The topological polar surface area (TPSA) is 106 Å². The molecule has 0 bridgehead atoms. The molecule has 0 fully saturated rings. The number of fused-ring (bicyclic) bond motifs is 1. The zero-order chi connectivity index (χ0) is 23.4. The van der Waals surface area contributed by atoms with E-state index in [0.29, 0.717) is 0 Å². The van der Waals surface area contributed by atoms with Crippen molar-refractivity contribution in [1.82, 2.24) is 5.32 Å². The van der Waals surface area contributed by atoms with Gasteiger partial charge >= 0.3 is 18.2 Å². The molecule has 0 saturated heterocycles. The van der Waals surface area contributed by atoms with Crippen LogP contribution in [0.25, 0.3) is 0 Å². The fraction of sp³-hybridized carbons (Fsp3) is 0.333. The number of carbonyl (C=O) groups is 2. The average molecular weight is 454 g/mol. The molecule has 0 aliphatic carbocycles. The molecule has 32 heavy (non-hydrogen) atoms. The summed E-state index contributed by atoms with van der Waals surface area (Å²) in [5, 5.41) is 15.2. The van der Waals surface area contributed by atoms with Crippen molar-refractivity contribution >= 4 is 17.7 Å². The van der Waals surface area contributed by atoms with E-state index >= 15 is 0 Å². The number of carbonyl (C=O) groups excluding carboxylic acids is 2. The Labute approximate surface area is 181 Å². The van der Waals surface area contributed by atoms with Crippen LogP contribution in [0.5, 0.6) is 5.75 Å². The van der Waals surface area contributed by atoms with Crippen molar-refractivity contribution in [1.29, 1.82) is 0 Å². The fourth-order valence-electron chi connectivity index (χ4n) is 3.15. The molecule has 172 valence electrons. The van der Waals surface area contributed by atoms with Crippen LogP contribution in [0.1, 0.15) is 11.1 Å². The number of amides is 2. The molecule has 1 aliphatic heterocycles. The highest BCUT2D eigenvalue weighted by Gasteiger charge is 2.44. The van der Waals surface area contributed by atoms with E-state index in [9.17, 15) is 27.9 Å². The molecule has 0 radical (unpaired) electrons. The Bertz CT molecular complexity index is 970. The third-order valence-corrected chi connectivity index (χ3v) is 4.88. The summed E-state index contributed by atoms with van der Waals surface area (Å²) >= 11 is 0. The minimum absolute atomic E-state index is 0.0144. The summed E-state index contributed by atoms with van der Waals surface area (Å²) in [4.78, 5) is 23.6. The number of alkyl carbamates (subject to hydrolysis) is 1. The lowest BCUT2D eigenvalue weighted by Crippen LogP contribution is -2.57. The molecule has 0 saturated carbocycles. The van der Waals surface area contributed by atoms with E-state index in [1.165, 1.54) is 25.3 Å². The quantitative estimate of drug-likeness (QED) is 0.600. The lowest BCUT2D eigenvalue weighted by Gasteiger charge is -2.32. The minimum Gasteiger partial charge on any atom is -0.491 e. The second kappa shape index (κ2) is 9.45. The van der Waals surface area contributed by atoms with Gasteiger partial charge in [-0.2, -0.15) is 13.2 Å². The van der Waals surface area contributed by atoms with Crippen molar-refractivity contribution in [2.24, 2.45) is 0 Å². The van der Waals surface area contributed by atoms with Gasteiger partial charge in [0.05, 0.1) is 0 Å². The van der Waals surface area contributed by atoms with Gasteiger partial charge in [0.25, 0.3) is 0 Å². The lowest BCUT2D eigenvalue weighted by molar-refractivity contribution is -0.204. The lowest BCUT2D eigenvalue weighted by atomic mass is 9.97. The van der Waals surface area contributed by atoms with E-state index < -0.39 is 30.0 Å². The molecule has 0 aromatic heterocycles. The predicted octanol–water partition coefficient (Wildman–Crippen LogP) is 2.75. The van der Waals surface area contributed by atoms with Crippen LogP contribution in [0.3, 0.4) is 0 Å². The number of nitrogens with one attached hydrogen (secondary N) is 2. The number of halogens is 3. The van der Waals surface area contributed by atoms with Crippen LogP contribution < -0.4 is 15.4 Å². The number of anilines is 1. The summed E-state index contributed by atoms with van der Waals surface area (Å²) in [6.07, 6.45) is -6.33. The number of ether oxygens (including phenoxy) is 3. The first-order valence-electron chi connectivity index (χ1n) is 9.50. The number of rotatable bonds is 5. The maximum atomic E-state index is 12.7. The molecule has 2 amide bonds. The smallest absolute Gasteiger partial charge is 0.471 e. The van der Waals surface area contributed by atoms with Crippen molar-refractivity contribution in [3.8, 4) is 5.75 Å². The van der Waals surface area contributed by atoms with Crippen molar-refractivity contribution in [2.75, 3.05) is 19.0 Å². The Morgan fingerprint density at radius 1 is 1.19 bits per heavy atom. The van der Waals surface area contributed by atoms with Crippen LogP contribution >= 0.6 is 0 Å². The highest BCUT2D eigenvalue weighted by atomic mass is 19.4. The van der Waals surface area contributed by atoms with Crippen molar-refractivity contribution in [3.05, 3.63) is 59.7 Å². The standard InChI is InChI=1S/C21H21F3N2O6/c1-30-20(29)10-14-15(25-18(27)21(22,23)24)8-5-9-16(14)31-12-17(20)26-19(28)32-11-13-6-3-2-4-7-13/h2-9,17,29H,10-12H2,1H3,(H,25,27)(H,26,28)/t17-,20+/m1/s1. The highest BCUT2D eigenvalue weighted by molar-refractivity contribution is 5.95. The Morgan fingerprint density at radius 2 is 1.91 bits per heavy atom. The first-order chi connectivity index (χ1) is 15.1. The molecule has 2 atom stereocenters. The first-order valence-corrected chi connectivity index (χ1v) is 9.50. The van der Waals surface area contributed by atoms with Crippen LogP contribution in [0.4, 0.5) is 23.7 Å². The molecule has 11 heteroatoms. The maximum Gasteiger partial charge on any atom is 0.471 e. The summed E-state index contributed by atoms with van der Waals surface area (Å²) in [6.45, 7) is -0.284. The number of hydrogen-bond acceptors (Lipinski definition) is 6. The van der Waals surface area contributed by atoms with Gasteiger partial charge in [0.15, 0.2) is 5.79 Å². The van der Waals surface area contributed by atoms with E-state index in [-0.39, 0.29) is 36.6 Å². The van der Waals surface area contributed by atoms with Crippen LogP contribution in [-0.2, 0) is 27.3 Å². The van der Waals surface area contributed by atoms with Crippen molar-refractivity contribution in [2.45, 2.75) is 31.0 Å². The van der Waals surface area contributed by atoms with E-state index in [1.54, 1.807) is 29.6 Å². The molecular weight excluding hydrogens is 433 g/mol. The molecule has 8 nitrogen and oxygen atoms in total. The number of benzene rings is 2. The van der Waals surface area contributed by atoms with Gasteiger partial charge < -0.3 is 30.0 Å². The monoisotopic (exact) mass is 454 g/mol. The van der Waals surface area contributed by atoms with Gasteiger partial charge in [-0.05, 0) is 17.7 Å². The third kappa shape index (κ3) is 5.48. The Kier molecular flexibility index (Phi) is 6.90. The van der Waals surface area contributed by atoms with Gasteiger partial charge in [-0.15, -0.1) is 0 Å². The average Bonchev–Trinajstić information content (AvgIpc) is 2.90. The van der Waals surface area contributed by atoms with Crippen LogP contribution in [-0.4, -0.2) is 48.8 Å². The molecule has 0 unspecified atom stereocenters. The molecule has 1 aliphatic rings. The first kappa shape index (κ1) is 23.4. The van der Waals surface area contributed by atoms with Crippen LogP contribution in [0, 0.1) is 0 Å². The summed E-state index contributed by atoms with van der Waals surface area (Å²) in [5.41, 5.74) is 0.628. The molecule has 3 rings (SSSR count). The van der Waals surface area contributed by atoms with E-state index in [4.69, 9.17) is 14.2 Å². The second-order valence-corrected chi connectivity index (χ2v) is 7.03. The number of alkyl halides is 3. The predicted molar refractivity (Wildman–Crippen MR) is 106 cm³/mol. The van der Waals surface area contributed by atoms with Crippen LogP contribution in [0.15, 0.2) is 48.5 Å². The zero-order valence-corrected chi connectivity index (χ0v) is 16.9. The summed E-state index contributed by atoms with van der Waals surface area (Å²) in [6, 6.07) is 11.9. The molecule has 1 heterocycles. The summed E-state index contributed by atoms with van der Waals surface area (Å²) in [7, 11) is 1.17. The summed E-state index contributed by atoms with van der Waals surface area (Å²) < 4.78 is 54.0. The SMILES string of the molecule is CO[C@@]1(O)Cc2c(NC(=O)C(F)(F)F)cccc2OC[C@H]1NC(=O)OCc1ccccc1. The van der Waals surface area contributed by atoms with Crippen molar-refractivity contribution in [3.63, 3.8) is 0 Å². The molecule has 0 spiro atoms. The number of aliphatic hydroxyl groups is 1. The Hall–Kier alpha value is -3.31. The van der Waals surface area contributed by atoms with Gasteiger partial charge in [-0.1, -0.05) is 36.4 Å². The van der Waals surface area contributed by atoms with Gasteiger partial charge in [0, 0.05) is 24.8 Å². The van der Waals surface area contributed by atoms with Crippen LogP contribution in [0.2, 0.25) is 0 Å². The maximum absolute atomic E-state index is 12.7. The van der Waals surface area contributed by atoms with Crippen molar-refractivity contribution < 1.29 is 42.1 Å². The Morgan fingerprint density at radius 3 is 2.56 bits per heavy atom. The highest BCUT2D eigenvalue weighted by Crippen LogP contribution is 2.35. The van der Waals surface area contributed by atoms with Gasteiger partial charge in [0.2, 0.25) is 0 Å². The van der Waals surface area contributed by atoms with Gasteiger partial charge in [-0.3, -0.25) is 4.79 Å². The van der Waals surface area contributed by atoms with Gasteiger partial charge in [0.1, 0.15) is 25.0 Å². The molecular formula is C21H21F3N2O6. The second-order valence-electron chi connectivity index (χ2n) is 7.03. The molecule has 3 N–H and O–H groups in total. The molecule has 2 aromatic carbocycles. The van der Waals surface area contributed by atoms with E-state index in [2.05, 4.69) is 5.32 Å². The largest absolute Gasteiger partial charge is 0.491 e. The van der Waals surface area contributed by atoms with E-state index in [1.807, 2.05) is 6.07 Å². The molecule has 2 aromatic rings. The minimum atomic E-state index is -5.10. The zero-order valence-electron chi connectivity index (χ0n) is 16.9. The van der Waals surface area contributed by atoms with E-state index in [0.717, 1.165) is 5.56 Å². The Balaban J connectivity index is 1.75.